The molecule has 1 heterocycles. The molecule has 1 N–H and O–H groups in total. The molecule has 21 heavy (non-hydrogen) atoms. The van der Waals surface area contributed by atoms with Crippen molar-refractivity contribution in [2.45, 2.75) is 0 Å². The number of nitro benzene ring substituents is 1. The summed E-state index contributed by atoms with van der Waals surface area (Å²) in [5.41, 5.74) is 0.876. The SMILES string of the molecule is COc1cc(C(=O)Nc2nncs2)c([N+](=O)[O-])cc1OC. The summed E-state index contributed by atoms with van der Waals surface area (Å²) in [5.74, 6) is -0.304. The Kier molecular flexibility index (Phi) is 4.28. The van der Waals surface area contributed by atoms with Gasteiger partial charge in [-0.25, -0.2) is 0 Å². The Bertz CT molecular complexity index is 674. The van der Waals surface area contributed by atoms with Gasteiger partial charge in [0.2, 0.25) is 5.13 Å². The number of nitrogens with one attached hydrogen (secondary N) is 1. The maximum absolute atomic E-state index is 12.1. The predicted octanol–water partition coefficient (Wildman–Crippen LogP) is 1.72. The monoisotopic (exact) mass is 310 g/mol. The summed E-state index contributed by atoms with van der Waals surface area (Å²) in [6, 6.07) is 2.38. The van der Waals surface area contributed by atoms with E-state index >= 15 is 0 Å². The molecule has 0 aliphatic rings. The van der Waals surface area contributed by atoms with Crippen molar-refractivity contribution in [2.24, 2.45) is 0 Å². The number of hydrogen-bond acceptors (Lipinski definition) is 8. The van der Waals surface area contributed by atoms with Gasteiger partial charge in [0.15, 0.2) is 11.5 Å². The van der Waals surface area contributed by atoms with Crippen LogP contribution in [0.2, 0.25) is 0 Å². The smallest absolute Gasteiger partial charge is 0.286 e. The molecule has 1 amide bonds. The topological polar surface area (TPSA) is 116 Å². The minimum Gasteiger partial charge on any atom is -0.493 e. The van der Waals surface area contributed by atoms with Crippen molar-refractivity contribution < 1.29 is 19.2 Å². The third kappa shape index (κ3) is 3.05. The number of carbonyl (C=O) groups is 1. The zero-order valence-corrected chi connectivity index (χ0v) is 11.8. The lowest BCUT2D eigenvalue weighted by Crippen LogP contribution is -2.14. The van der Waals surface area contributed by atoms with Gasteiger partial charge in [-0.05, 0) is 0 Å². The van der Waals surface area contributed by atoms with Crippen LogP contribution >= 0.6 is 11.3 Å². The molecule has 1 aromatic heterocycles. The van der Waals surface area contributed by atoms with E-state index in [1.165, 1.54) is 25.8 Å². The van der Waals surface area contributed by atoms with Crippen LogP contribution in [0.3, 0.4) is 0 Å². The van der Waals surface area contributed by atoms with Crippen LogP contribution in [-0.2, 0) is 0 Å². The van der Waals surface area contributed by atoms with E-state index in [0.29, 0.717) is 0 Å². The fraction of sp³-hybridized carbons (Fsp3) is 0.182. The van der Waals surface area contributed by atoms with Gasteiger partial charge in [-0.1, -0.05) is 11.3 Å². The molecule has 2 aromatic rings. The second kappa shape index (κ2) is 6.13. The molecule has 0 aliphatic heterocycles. The summed E-state index contributed by atoms with van der Waals surface area (Å²) < 4.78 is 10.0. The number of methoxy groups -OCH3 is 2. The van der Waals surface area contributed by atoms with E-state index in [2.05, 4.69) is 15.5 Å². The summed E-state index contributed by atoms with van der Waals surface area (Å²) >= 11 is 1.10. The first-order valence-electron chi connectivity index (χ1n) is 5.54. The molecule has 0 unspecified atom stereocenters. The van der Waals surface area contributed by atoms with Crippen LogP contribution in [-0.4, -0.2) is 35.2 Å². The highest BCUT2D eigenvalue weighted by Crippen LogP contribution is 2.34. The quantitative estimate of drug-likeness (QED) is 0.660. The Morgan fingerprint density at radius 1 is 1.33 bits per heavy atom. The van der Waals surface area contributed by atoms with Gasteiger partial charge in [-0.2, -0.15) is 0 Å². The van der Waals surface area contributed by atoms with Gasteiger partial charge in [0.05, 0.1) is 25.2 Å². The first-order valence-corrected chi connectivity index (χ1v) is 6.42. The van der Waals surface area contributed by atoms with Crippen molar-refractivity contribution in [3.63, 3.8) is 0 Å². The molecule has 1 aromatic carbocycles. The lowest BCUT2D eigenvalue weighted by molar-refractivity contribution is -0.385. The molecule has 0 fully saturated rings. The number of anilines is 1. The number of amides is 1. The molecule has 0 radical (unpaired) electrons. The first-order chi connectivity index (χ1) is 10.1. The maximum Gasteiger partial charge on any atom is 0.286 e. The molecular formula is C11H10N4O5S. The molecule has 0 spiro atoms. The average Bonchev–Trinajstić information content (AvgIpc) is 2.98. The van der Waals surface area contributed by atoms with E-state index in [-0.39, 0.29) is 22.2 Å². The van der Waals surface area contributed by atoms with E-state index in [4.69, 9.17) is 9.47 Å². The molecule has 110 valence electrons. The Morgan fingerprint density at radius 2 is 2.00 bits per heavy atom. The summed E-state index contributed by atoms with van der Waals surface area (Å²) in [5, 5.41) is 21.0. The lowest BCUT2D eigenvalue weighted by Gasteiger charge is -2.10. The van der Waals surface area contributed by atoms with E-state index in [0.717, 1.165) is 17.4 Å². The second-order valence-corrected chi connectivity index (χ2v) is 4.51. The standard InChI is InChI=1S/C11H10N4O5S/c1-19-8-3-6(7(15(17)18)4-9(8)20-2)10(16)13-11-14-12-5-21-11/h3-5H,1-2H3,(H,13,14,16). The molecule has 0 atom stereocenters. The van der Waals surface area contributed by atoms with Crippen LogP contribution in [0.15, 0.2) is 17.6 Å². The van der Waals surface area contributed by atoms with Crippen molar-refractivity contribution in [1.82, 2.24) is 10.2 Å². The summed E-state index contributed by atoms with van der Waals surface area (Å²) in [6.07, 6.45) is 0. The minimum absolute atomic E-state index is 0.159. The first kappa shape index (κ1) is 14.7. The largest absolute Gasteiger partial charge is 0.493 e. The number of rotatable bonds is 5. The van der Waals surface area contributed by atoms with Crippen molar-refractivity contribution in [3.8, 4) is 11.5 Å². The van der Waals surface area contributed by atoms with Gasteiger partial charge in [0.1, 0.15) is 11.1 Å². The van der Waals surface area contributed by atoms with Crippen LogP contribution in [0.4, 0.5) is 10.8 Å². The second-order valence-electron chi connectivity index (χ2n) is 3.68. The highest BCUT2D eigenvalue weighted by molar-refractivity contribution is 7.13. The molecule has 0 aliphatic carbocycles. The Balaban J connectivity index is 2.45. The number of hydrogen-bond donors (Lipinski definition) is 1. The van der Waals surface area contributed by atoms with Gasteiger partial charge in [-0.3, -0.25) is 20.2 Å². The Morgan fingerprint density at radius 3 is 2.52 bits per heavy atom. The van der Waals surface area contributed by atoms with Gasteiger partial charge in [0.25, 0.3) is 11.6 Å². The molecule has 10 heteroatoms. The number of aromatic nitrogens is 2. The zero-order chi connectivity index (χ0) is 15.4. The minimum atomic E-state index is -0.681. The highest BCUT2D eigenvalue weighted by atomic mass is 32.1. The van der Waals surface area contributed by atoms with Crippen LogP contribution in [0.1, 0.15) is 10.4 Å². The molecule has 2 rings (SSSR count). The van der Waals surface area contributed by atoms with Crippen molar-refractivity contribution in [3.05, 3.63) is 33.3 Å². The van der Waals surface area contributed by atoms with Crippen LogP contribution < -0.4 is 14.8 Å². The van der Waals surface area contributed by atoms with Crippen molar-refractivity contribution in [1.29, 1.82) is 0 Å². The Labute approximate surface area is 122 Å². The summed E-state index contributed by atoms with van der Waals surface area (Å²) in [4.78, 5) is 22.6. The fourth-order valence-corrected chi connectivity index (χ4v) is 2.03. The van der Waals surface area contributed by atoms with Gasteiger partial charge < -0.3 is 9.47 Å². The number of nitrogens with zero attached hydrogens (tertiary/aromatic N) is 3. The Hall–Kier alpha value is -2.75. The number of carbonyl (C=O) groups excluding carboxylic acids is 1. The number of ether oxygens (including phenoxy) is 2. The van der Waals surface area contributed by atoms with Crippen LogP contribution in [0, 0.1) is 10.1 Å². The average molecular weight is 310 g/mol. The summed E-state index contributed by atoms with van der Waals surface area (Å²) in [7, 11) is 2.72. The van der Waals surface area contributed by atoms with E-state index in [9.17, 15) is 14.9 Å². The van der Waals surface area contributed by atoms with E-state index in [1.807, 2.05) is 0 Å². The van der Waals surface area contributed by atoms with E-state index < -0.39 is 16.5 Å². The summed E-state index contributed by atoms with van der Waals surface area (Å²) in [6.45, 7) is 0. The predicted molar refractivity (Wildman–Crippen MR) is 74.1 cm³/mol. The molecule has 0 saturated carbocycles. The zero-order valence-electron chi connectivity index (χ0n) is 11.0. The third-order valence-electron chi connectivity index (χ3n) is 2.52. The van der Waals surface area contributed by atoms with Gasteiger partial charge in [-0.15, -0.1) is 10.2 Å². The molecule has 9 nitrogen and oxygen atoms in total. The number of nitro groups is 1. The third-order valence-corrected chi connectivity index (χ3v) is 3.13. The highest BCUT2D eigenvalue weighted by Gasteiger charge is 2.25. The fourth-order valence-electron chi connectivity index (χ4n) is 1.59. The van der Waals surface area contributed by atoms with Gasteiger partial charge >= 0.3 is 0 Å². The van der Waals surface area contributed by atoms with E-state index in [1.54, 1.807) is 0 Å². The molecule has 0 saturated heterocycles. The van der Waals surface area contributed by atoms with Gasteiger partial charge in [0, 0.05) is 6.07 Å². The lowest BCUT2D eigenvalue weighted by atomic mass is 10.1. The number of benzene rings is 1. The molecular weight excluding hydrogens is 300 g/mol. The van der Waals surface area contributed by atoms with Crippen LogP contribution in [0.5, 0.6) is 11.5 Å². The van der Waals surface area contributed by atoms with Crippen LogP contribution in [0.25, 0.3) is 0 Å². The van der Waals surface area contributed by atoms with Crippen molar-refractivity contribution in [2.75, 3.05) is 19.5 Å². The molecule has 0 bridgehead atoms. The maximum atomic E-state index is 12.1. The normalized spacial score (nSPS) is 10.0. The van der Waals surface area contributed by atoms with Crippen molar-refractivity contribution >= 4 is 28.1 Å².